The Labute approximate surface area is 113 Å². The molecule has 2 rings (SSSR count). The Morgan fingerprint density at radius 3 is 2.74 bits per heavy atom. The van der Waals surface area contributed by atoms with E-state index in [9.17, 15) is 18.4 Å². The molecule has 1 heterocycles. The summed E-state index contributed by atoms with van der Waals surface area (Å²) in [5.41, 5.74) is -0.352. The predicted molar refractivity (Wildman–Crippen MR) is 63.8 cm³/mol. The maximum absolute atomic E-state index is 14.1. The van der Waals surface area contributed by atoms with Crippen molar-refractivity contribution in [2.45, 2.75) is 12.3 Å². The van der Waals surface area contributed by atoms with Crippen LogP contribution in [0.3, 0.4) is 0 Å². The summed E-state index contributed by atoms with van der Waals surface area (Å²) in [4.78, 5) is 22.5. The van der Waals surface area contributed by atoms with Crippen molar-refractivity contribution in [3.63, 3.8) is 0 Å². The van der Waals surface area contributed by atoms with Crippen molar-refractivity contribution in [1.29, 1.82) is 0 Å². The molecular formula is C12H12ClF2NO3. The summed E-state index contributed by atoms with van der Waals surface area (Å²) in [6.07, 6.45) is 1.05. The molecule has 104 valence electrons. The monoisotopic (exact) mass is 291 g/mol. The highest BCUT2D eigenvalue weighted by atomic mass is 35.5. The van der Waals surface area contributed by atoms with E-state index in [1.807, 2.05) is 0 Å². The zero-order valence-corrected chi connectivity index (χ0v) is 10.7. The van der Waals surface area contributed by atoms with Crippen LogP contribution >= 0.6 is 11.6 Å². The Morgan fingerprint density at radius 2 is 2.16 bits per heavy atom. The summed E-state index contributed by atoms with van der Waals surface area (Å²) < 4.78 is 28.0. The third-order valence-corrected chi connectivity index (χ3v) is 4.02. The van der Waals surface area contributed by atoms with Crippen molar-refractivity contribution in [3.8, 4) is 0 Å². The Morgan fingerprint density at radius 1 is 1.53 bits per heavy atom. The molecule has 1 fully saturated rings. The van der Waals surface area contributed by atoms with Gasteiger partial charge in [0.05, 0.1) is 5.38 Å². The number of carboxylic acid groups (broad SMARTS) is 1. The number of carboxylic acids is 1. The first kappa shape index (κ1) is 14.0. The molecule has 2 unspecified atom stereocenters. The van der Waals surface area contributed by atoms with Crippen LogP contribution in [0, 0.1) is 17.8 Å². The summed E-state index contributed by atoms with van der Waals surface area (Å²) in [5, 5.41) is 10.5. The van der Waals surface area contributed by atoms with Crippen LogP contribution in [0.1, 0.15) is 6.92 Å². The molecule has 1 aliphatic carbocycles. The lowest BCUT2D eigenvalue weighted by Crippen LogP contribution is -2.30. The van der Waals surface area contributed by atoms with Crippen molar-refractivity contribution in [2.75, 3.05) is 6.54 Å². The first-order chi connectivity index (χ1) is 8.84. The van der Waals surface area contributed by atoms with Crippen molar-refractivity contribution in [3.05, 3.63) is 23.3 Å². The summed E-state index contributed by atoms with van der Waals surface area (Å²) in [6.45, 7) is 1.38. The summed E-state index contributed by atoms with van der Waals surface area (Å²) >= 11 is 5.77. The molecule has 0 aromatic heterocycles. The largest absolute Gasteiger partial charge is 0.481 e. The van der Waals surface area contributed by atoms with Gasteiger partial charge in [-0.15, -0.1) is 11.6 Å². The van der Waals surface area contributed by atoms with Crippen molar-refractivity contribution in [2.24, 2.45) is 17.8 Å². The lowest BCUT2D eigenvalue weighted by Gasteiger charge is -2.25. The number of carbonyl (C=O) groups is 2. The molecule has 0 spiro atoms. The zero-order valence-electron chi connectivity index (χ0n) is 9.99. The maximum atomic E-state index is 14.1. The fourth-order valence-electron chi connectivity index (χ4n) is 2.40. The number of hydrogen-bond acceptors (Lipinski definition) is 2. The van der Waals surface area contributed by atoms with Crippen LogP contribution in [-0.2, 0) is 9.59 Å². The Kier molecular flexibility index (Phi) is 3.62. The Balaban J connectivity index is 2.43. The molecule has 1 aliphatic heterocycles. The van der Waals surface area contributed by atoms with E-state index in [0.717, 1.165) is 6.08 Å². The van der Waals surface area contributed by atoms with Gasteiger partial charge in [-0.25, -0.2) is 8.78 Å². The molecular weight excluding hydrogens is 280 g/mol. The highest BCUT2D eigenvalue weighted by Gasteiger charge is 2.46. The Bertz CT molecular complexity index is 503. The minimum Gasteiger partial charge on any atom is -0.481 e. The maximum Gasteiger partial charge on any atom is 0.316 e. The van der Waals surface area contributed by atoms with E-state index < -0.39 is 46.7 Å². The summed E-state index contributed by atoms with van der Waals surface area (Å²) in [6, 6.07) is 0. The molecule has 4 nitrogen and oxygen atoms in total. The number of rotatable bonds is 2. The standard InChI is InChI=1S/C12H12ClF2NO3/c1-4-6(13)2-7(14)8(10(4)15)5-3-16-11(17)9(5)12(18)19/h2,4-6,9H,3H2,1H3,(H,16,17)(H,18,19)/t4?,5-,6?,9-/m0/s1. The molecule has 0 aromatic rings. The fourth-order valence-corrected chi connectivity index (χ4v) is 2.62. The van der Waals surface area contributed by atoms with E-state index in [1.165, 1.54) is 6.92 Å². The number of nitrogens with one attached hydrogen (secondary N) is 1. The molecule has 4 atom stereocenters. The average Bonchev–Trinajstić information content (AvgIpc) is 2.68. The molecule has 2 aliphatic rings. The minimum atomic E-state index is -1.47. The van der Waals surface area contributed by atoms with E-state index in [2.05, 4.69) is 5.32 Å². The lowest BCUT2D eigenvalue weighted by molar-refractivity contribution is -0.146. The van der Waals surface area contributed by atoms with E-state index in [-0.39, 0.29) is 12.1 Å². The van der Waals surface area contributed by atoms with Crippen LogP contribution in [0.4, 0.5) is 8.78 Å². The van der Waals surface area contributed by atoms with Crippen LogP contribution in [0.5, 0.6) is 0 Å². The van der Waals surface area contributed by atoms with Gasteiger partial charge in [-0.1, -0.05) is 6.92 Å². The van der Waals surface area contributed by atoms with Gasteiger partial charge in [0, 0.05) is 24.0 Å². The highest BCUT2D eigenvalue weighted by Crippen LogP contribution is 2.41. The van der Waals surface area contributed by atoms with Gasteiger partial charge in [0.1, 0.15) is 17.6 Å². The highest BCUT2D eigenvalue weighted by molar-refractivity contribution is 6.22. The number of alkyl halides is 1. The van der Waals surface area contributed by atoms with Crippen molar-refractivity contribution in [1.82, 2.24) is 5.32 Å². The Hall–Kier alpha value is -1.43. The topological polar surface area (TPSA) is 66.4 Å². The van der Waals surface area contributed by atoms with Gasteiger partial charge in [0.15, 0.2) is 0 Å². The minimum absolute atomic E-state index is 0.0977. The van der Waals surface area contributed by atoms with Gasteiger partial charge in [0.2, 0.25) is 5.91 Å². The molecule has 7 heteroatoms. The molecule has 19 heavy (non-hydrogen) atoms. The van der Waals surface area contributed by atoms with Crippen LogP contribution in [0.15, 0.2) is 23.3 Å². The lowest BCUT2D eigenvalue weighted by atomic mass is 9.82. The number of amides is 1. The number of allylic oxidation sites excluding steroid dienone is 3. The second-order valence-electron chi connectivity index (χ2n) is 4.68. The average molecular weight is 292 g/mol. The molecule has 0 bridgehead atoms. The van der Waals surface area contributed by atoms with Gasteiger partial charge in [-0.3, -0.25) is 9.59 Å². The number of carbonyl (C=O) groups excluding carboxylic acids is 1. The van der Waals surface area contributed by atoms with E-state index in [4.69, 9.17) is 16.7 Å². The molecule has 1 amide bonds. The summed E-state index contributed by atoms with van der Waals surface area (Å²) in [5.74, 6) is -7.07. The van der Waals surface area contributed by atoms with E-state index in [0.29, 0.717) is 0 Å². The fraction of sp³-hybridized carbons (Fsp3) is 0.500. The first-order valence-electron chi connectivity index (χ1n) is 5.76. The molecule has 0 aromatic carbocycles. The number of halogens is 3. The van der Waals surface area contributed by atoms with Gasteiger partial charge in [-0.05, 0) is 6.08 Å². The number of aliphatic carboxylic acids is 1. The quantitative estimate of drug-likeness (QED) is 0.602. The molecule has 2 N–H and O–H groups in total. The van der Waals surface area contributed by atoms with E-state index in [1.54, 1.807) is 0 Å². The van der Waals surface area contributed by atoms with Gasteiger partial charge in [0.25, 0.3) is 0 Å². The second kappa shape index (κ2) is 4.92. The zero-order chi connectivity index (χ0) is 14.3. The molecule has 1 saturated heterocycles. The smallest absolute Gasteiger partial charge is 0.316 e. The van der Waals surface area contributed by atoms with Gasteiger partial charge < -0.3 is 10.4 Å². The van der Waals surface area contributed by atoms with Crippen molar-refractivity contribution >= 4 is 23.5 Å². The van der Waals surface area contributed by atoms with Gasteiger partial charge in [-0.2, -0.15) is 0 Å². The predicted octanol–water partition coefficient (Wildman–Crippen LogP) is 1.77. The normalized spacial score (nSPS) is 35.2. The first-order valence-corrected chi connectivity index (χ1v) is 6.20. The summed E-state index contributed by atoms with van der Waals surface area (Å²) in [7, 11) is 0. The molecule has 0 saturated carbocycles. The van der Waals surface area contributed by atoms with Crippen LogP contribution in [-0.4, -0.2) is 28.9 Å². The van der Waals surface area contributed by atoms with Crippen LogP contribution in [0.2, 0.25) is 0 Å². The second-order valence-corrected chi connectivity index (χ2v) is 5.18. The molecule has 0 radical (unpaired) electrons. The third-order valence-electron chi connectivity index (χ3n) is 3.52. The van der Waals surface area contributed by atoms with Gasteiger partial charge >= 0.3 is 5.97 Å². The van der Waals surface area contributed by atoms with Crippen molar-refractivity contribution < 1.29 is 23.5 Å². The third kappa shape index (κ3) is 2.25. The number of hydrogen-bond donors (Lipinski definition) is 2. The SMILES string of the molecule is CC1C(F)=C([C@@H]2CNC(=O)[C@H]2C(=O)O)C(F)=CC1Cl. The van der Waals surface area contributed by atoms with Crippen LogP contribution < -0.4 is 5.32 Å². The van der Waals surface area contributed by atoms with E-state index >= 15 is 0 Å². The van der Waals surface area contributed by atoms with Crippen LogP contribution in [0.25, 0.3) is 0 Å².